The van der Waals surface area contributed by atoms with Crippen molar-refractivity contribution in [1.82, 2.24) is 0 Å². The summed E-state index contributed by atoms with van der Waals surface area (Å²) in [6.45, 7) is 2.55. The molecule has 4 aromatic rings. The Morgan fingerprint density at radius 3 is 2.50 bits per heavy atom. The lowest BCUT2D eigenvalue weighted by molar-refractivity contribution is -0.115. The Morgan fingerprint density at radius 1 is 0.969 bits per heavy atom. The second-order valence-electron chi connectivity index (χ2n) is 7.88. The Morgan fingerprint density at radius 2 is 1.72 bits per heavy atom. The number of aryl methyl sites for hydroxylation is 1. The summed E-state index contributed by atoms with van der Waals surface area (Å²) >= 11 is 7.72. The molecule has 32 heavy (non-hydrogen) atoms. The van der Waals surface area contributed by atoms with Crippen LogP contribution in [0.4, 0.5) is 5.69 Å². The lowest BCUT2D eigenvalue weighted by Crippen LogP contribution is -2.28. The van der Waals surface area contributed by atoms with Crippen molar-refractivity contribution in [3.05, 3.63) is 107 Å². The van der Waals surface area contributed by atoms with Crippen molar-refractivity contribution in [1.29, 1.82) is 0 Å². The molecule has 1 atom stereocenters. The topological polar surface area (TPSA) is 29.5 Å². The van der Waals surface area contributed by atoms with Crippen LogP contribution in [-0.2, 0) is 11.4 Å². The molecule has 1 fully saturated rings. The largest absolute Gasteiger partial charge is 0.488 e. The lowest BCUT2D eigenvalue weighted by atomic mass is 10.0. The molecule has 4 aromatic carbocycles. The maximum absolute atomic E-state index is 12.9. The molecule has 0 unspecified atom stereocenters. The third kappa shape index (κ3) is 4.08. The van der Waals surface area contributed by atoms with Gasteiger partial charge < -0.3 is 4.74 Å². The van der Waals surface area contributed by atoms with E-state index in [1.165, 1.54) is 5.56 Å². The van der Waals surface area contributed by atoms with Crippen molar-refractivity contribution in [2.24, 2.45) is 0 Å². The summed E-state index contributed by atoms with van der Waals surface area (Å²) in [6, 6.07) is 28.2. The van der Waals surface area contributed by atoms with Gasteiger partial charge in [0.25, 0.3) is 0 Å². The van der Waals surface area contributed by atoms with Crippen molar-refractivity contribution < 1.29 is 9.53 Å². The number of halogens is 1. The SMILES string of the molecule is Cc1ccc(COc2ccc3ccccc3c2[C@@H]2SCC(=O)N2c2ccc(Cl)cc2)cc1. The molecule has 160 valence electrons. The number of nitrogens with zero attached hydrogens (tertiary/aromatic N) is 1. The van der Waals surface area contributed by atoms with Gasteiger partial charge in [-0.2, -0.15) is 0 Å². The molecule has 0 radical (unpaired) electrons. The van der Waals surface area contributed by atoms with Crippen LogP contribution in [0.25, 0.3) is 10.8 Å². The van der Waals surface area contributed by atoms with Gasteiger partial charge in [-0.3, -0.25) is 9.69 Å². The van der Waals surface area contributed by atoms with E-state index in [1.54, 1.807) is 11.8 Å². The highest BCUT2D eigenvalue weighted by atomic mass is 35.5. The first kappa shape index (κ1) is 20.9. The highest BCUT2D eigenvalue weighted by Crippen LogP contribution is 2.47. The van der Waals surface area contributed by atoms with Crippen LogP contribution >= 0.6 is 23.4 Å². The van der Waals surface area contributed by atoms with E-state index in [2.05, 4.69) is 49.4 Å². The van der Waals surface area contributed by atoms with Gasteiger partial charge in [0.1, 0.15) is 17.7 Å². The first-order valence-corrected chi connectivity index (χ1v) is 11.9. The Bertz CT molecular complexity index is 1270. The van der Waals surface area contributed by atoms with Crippen LogP contribution in [0.2, 0.25) is 5.02 Å². The van der Waals surface area contributed by atoms with Crippen LogP contribution in [0.15, 0.2) is 84.9 Å². The van der Waals surface area contributed by atoms with Crippen molar-refractivity contribution in [2.45, 2.75) is 18.9 Å². The number of carbonyl (C=O) groups is 1. The fourth-order valence-corrected chi connectivity index (χ4v) is 5.38. The molecule has 1 amide bonds. The van der Waals surface area contributed by atoms with E-state index < -0.39 is 0 Å². The lowest BCUT2D eigenvalue weighted by Gasteiger charge is -2.27. The van der Waals surface area contributed by atoms with Crippen molar-refractivity contribution in [3.63, 3.8) is 0 Å². The summed E-state index contributed by atoms with van der Waals surface area (Å²) in [6.07, 6.45) is 0. The number of benzene rings is 4. The standard InChI is InChI=1S/C27H22ClNO2S/c1-18-6-8-19(9-7-18)16-31-24-15-10-20-4-2-3-5-23(20)26(24)27-29(25(30)17-32-27)22-13-11-21(28)12-14-22/h2-15,27H,16-17H2,1H3/t27-/m0/s1. The summed E-state index contributed by atoms with van der Waals surface area (Å²) in [4.78, 5) is 14.8. The van der Waals surface area contributed by atoms with E-state index in [4.69, 9.17) is 16.3 Å². The van der Waals surface area contributed by atoms with Crippen LogP contribution in [0, 0.1) is 6.92 Å². The number of ether oxygens (including phenoxy) is 1. The number of anilines is 1. The predicted molar refractivity (Wildman–Crippen MR) is 134 cm³/mol. The van der Waals surface area contributed by atoms with Gasteiger partial charge in [-0.15, -0.1) is 11.8 Å². The highest BCUT2D eigenvalue weighted by molar-refractivity contribution is 8.00. The molecule has 1 heterocycles. The van der Waals surface area contributed by atoms with Gasteiger partial charge in [0.05, 0.1) is 5.75 Å². The fraction of sp³-hybridized carbons (Fsp3) is 0.148. The zero-order valence-corrected chi connectivity index (χ0v) is 19.2. The van der Waals surface area contributed by atoms with E-state index >= 15 is 0 Å². The Hall–Kier alpha value is -2.95. The van der Waals surface area contributed by atoms with E-state index in [0.29, 0.717) is 17.4 Å². The molecule has 0 N–H and O–H groups in total. The monoisotopic (exact) mass is 459 g/mol. The van der Waals surface area contributed by atoms with Crippen LogP contribution in [-0.4, -0.2) is 11.7 Å². The number of carbonyl (C=O) groups excluding carboxylic acids is 1. The van der Waals surface area contributed by atoms with Crippen molar-refractivity contribution >= 4 is 45.7 Å². The average Bonchev–Trinajstić information content (AvgIpc) is 3.19. The number of hydrogen-bond donors (Lipinski definition) is 0. The highest BCUT2D eigenvalue weighted by Gasteiger charge is 2.36. The minimum Gasteiger partial charge on any atom is -0.488 e. The van der Waals surface area contributed by atoms with Gasteiger partial charge >= 0.3 is 0 Å². The second kappa shape index (κ2) is 8.89. The number of rotatable bonds is 5. The number of amides is 1. The van der Waals surface area contributed by atoms with Gasteiger partial charge in [0.15, 0.2) is 0 Å². The molecule has 0 aromatic heterocycles. The maximum Gasteiger partial charge on any atom is 0.238 e. The second-order valence-corrected chi connectivity index (χ2v) is 9.38. The Kier molecular flexibility index (Phi) is 5.81. The van der Waals surface area contributed by atoms with Gasteiger partial charge in [-0.05, 0) is 53.6 Å². The van der Waals surface area contributed by atoms with E-state index in [0.717, 1.165) is 33.3 Å². The molecule has 3 nitrogen and oxygen atoms in total. The summed E-state index contributed by atoms with van der Waals surface area (Å²) in [5.41, 5.74) is 4.20. The van der Waals surface area contributed by atoms with Crippen LogP contribution < -0.4 is 9.64 Å². The molecule has 0 aliphatic carbocycles. The van der Waals surface area contributed by atoms with Crippen LogP contribution in [0.5, 0.6) is 5.75 Å². The van der Waals surface area contributed by atoms with E-state index in [9.17, 15) is 4.79 Å². The molecule has 0 spiro atoms. The molecule has 1 aliphatic rings. The molecule has 0 saturated carbocycles. The molecule has 1 saturated heterocycles. The minimum atomic E-state index is -0.178. The zero-order valence-electron chi connectivity index (χ0n) is 17.6. The Balaban J connectivity index is 1.57. The quantitative estimate of drug-likeness (QED) is 0.317. The zero-order chi connectivity index (χ0) is 22.1. The fourth-order valence-electron chi connectivity index (χ4n) is 4.02. The van der Waals surface area contributed by atoms with Crippen LogP contribution in [0.1, 0.15) is 22.1 Å². The number of fused-ring (bicyclic) bond motifs is 1. The Labute approximate surface area is 197 Å². The smallest absolute Gasteiger partial charge is 0.238 e. The molecule has 5 rings (SSSR count). The first-order chi connectivity index (χ1) is 15.6. The third-order valence-electron chi connectivity index (χ3n) is 5.67. The van der Waals surface area contributed by atoms with Gasteiger partial charge in [-0.1, -0.05) is 71.8 Å². The van der Waals surface area contributed by atoms with Gasteiger partial charge in [0, 0.05) is 16.3 Å². The number of hydrogen-bond acceptors (Lipinski definition) is 3. The minimum absolute atomic E-state index is 0.0831. The van der Waals surface area contributed by atoms with E-state index in [1.807, 2.05) is 47.4 Å². The molecular weight excluding hydrogens is 438 g/mol. The summed E-state index contributed by atoms with van der Waals surface area (Å²) in [5.74, 6) is 1.31. The average molecular weight is 460 g/mol. The van der Waals surface area contributed by atoms with E-state index in [-0.39, 0.29) is 11.3 Å². The van der Waals surface area contributed by atoms with Crippen molar-refractivity contribution in [2.75, 3.05) is 10.7 Å². The normalized spacial score (nSPS) is 16.0. The van der Waals surface area contributed by atoms with Gasteiger partial charge in [0.2, 0.25) is 5.91 Å². The third-order valence-corrected chi connectivity index (χ3v) is 7.09. The molecule has 1 aliphatic heterocycles. The predicted octanol–water partition coefficient (Wildman–Crippen LogP) is 7.16. The number of thioether (sulfide) groups is 1. The van der Waals surface area contributed by atoms with Crippen molar-refractivity contribution in [3.8, 4) is 5.75 Å². The summed E-state index contributed by atoms with van der Waals surface area (Å²) in [7, 11) is 0. The summed E-state index contributed by atoms with van der Waals surface area (Å²) < 4.78 is 6.35. The van der Waals surface area contributed by atoms with Crippen LogP contribution in [0.3, 0.4) is 0 Å². The molecule has 5 heteroatoms. The first-order valence-electron chi connectivity index (χ1n) is 10.5. The molecule has 0 bridgehead atoms. The molecular formula is C27H22ClNO2S. The maximum atomic E-state index is 12.9. The summed E-state index contributed by atoms with van der Waals surface area (Å²) in [5, 5.41) is 2.70. The van der Waals surface area contributed by atoms with Gasteiger partial charge in [-0.25, -0.2) is 0 Å².